The van der Waals surface area contributed by atoms with Crippen LogP contribution in [0.5, 0.6) is 0 Å². The molecule has 0 N–H and O–H groups in total. The Morgan fingerprint density at radius 2 is 1.36 bits per heavy atom. The Morgan fingerprint density at radius 3 is 2.08 bits per heavy atom. The number of para-hydroxylation sites is 3. The minimum Gasteiger partial charge on any atom is -0.454 e. The Hall–Kier alpha value is -4.12. The van der Waals surface area contributed by atoms with Crippen LogP contribution in [0.25, 0.3) is 70.2 Å². The van der Waals surface area contributed by atoms with Crippen molar-refractivity contribution in [2.75, 3.05) is 0 Å². The number of fused-ring (bicyclic) bond motifs is 8. The molecule has 0 radical (unpaired) electrons. The molecule has 0 unspecified atom stereocenters. The predicted molar refractivity (Wildman–Crippen MR) is 152 cm³/mol. The zero-order valence-corrected chi connectivity index (χ0v) is 20.5. The second-order valence-electron chi connectivity index (χ2n) is 8.94. The lowest BCUT2D eigenvalue weighted by molar-refractivity contribution is 0.669. The second kappa shape index (κ2) is 7.44. The molecule has 36 heavy (non-hydrogen) atoms. The topological polar surface area (TPSA) is 31.0 Å². The van der Waals surface area contributed by atoms with Crippen LogP contribution in [0.4, 0.5) is 0 Å². The minimum atomic E-state index is 0.616. The molecule has 0 saturated carbocycles. The number of furan rings is 1. The molecule has 0 aliphatic rings. The van der Waals surface area contributed by atoms with E-state index in [0.29, 0.717) is 10.6 Å². The number of aromatic nitrogens is 2. The van der Waals surface area contributed by atoms with Crippen LogP contribution in [0.1, 0.15) is 0 Å². The van der Waals surface area contributed by atoms with Gasteiger partial charge in [-0.3, -0.25) is 0 Å². The normalized spacial score (nSPS) is 12.0. The number of benzene rings is 5. The van der Waals surface area contributed by atoms with Crippen LogP contribution in [0, 0.1) is 0 Å². The molecule has 0 spiro atoms. The van der Waals surface area contributed by atoms with E-state index in [9.17, 15) is 0 Å². The van der Waals surface area contributed by atoms with Gasteiger partial charge in [0.15, 0.2) is 5.58 Å². The molecule has 5 heteroatoms. The van der Waals surface area contributed by atoms with Crippen molar-refractivity contribution in [3.05, 3.63) is 108 Å². The first-order valence-corrected chi connectivity index (χ1v) is 12.9. The monoisotopic (exact) mass is 500 g/mol. The summed E-state index contributed by atoms with van der Waals surface area (Å²) in [6.07, 6.45) is 0. The molecule has 0 bridgehead atoms. The van der Waals surface area contributed by atoms with Gasteiger partial charge in [0.1, 0.15) is 10.6 Å². The van der Waals surface area contributed by atoms with Crippen molar-refractivity contribution in [1.82, 2.24) is 9.55 Å². The number of thiazole rings is 1. The number of nitrogens with zero attached hydrogens (tertiary/aromatic N) is 2. The van der Waals surface area contributed by atoms with E-state index in [1.165, 1.54) is 21.8 Å². The standard InChI is InChI=1S/C31H17ClN2OS/c32-23-17-27-29(28-22-9-3-6-12-26(22)35-30(23)28)33-31(36-27)18-13-15-19(16-14-18)34-24-10-4-1-7-20(24)21-8-2-5-11-25(21)34/h1-17H. The van der Waals surface area contributed by atoms with Gasteiger partial charge in [-0.15, -0.1) is 11.3 Å². The lowest BCUT2D eigenvalue weighted by atomic mass is 10.1. The minimum absolute atomic E-state index is 0.616. The molecular weight excluding hydrogens is 484 g/mol. The molecule has 0 aliphatic heterocycles. The Balaban J connectivity index is 1.30. The Labute approximate surface area is 214 Å². The maximum Gasteiger partial charge on any atom is 0.156 e. The van der Waals surface area contributed by atoms with Crippen LogP contribution in [0.3, 0.4) is 0 Å². The third kappa shape index (κ3) is 2.77. The molecule has 3 aromatic heterocycles. The fraction of sp³-hybridized carbons (Fsp3) is 0. The predicted octanol–water partition coefficient (Wildman–Crippen LogP) is 9.61. The third-order valence-corrected chi connectivity index (χ3v) is 8.25. The van der Waals surface area contributed by atoms with Gasteiger partial charge in [0, 0.05) is 27.4 Å². The van der Waals surface area contributed by atoms with Crippen molar-refractivity contribution >= 4 is 76.9 Å². The van der Waals surface area contributed by atoms with Gasteiger partial charge in [-0.25, -0.2) is 4.98 Å². The number of halogens is 1. The van der Waals surface area contributed by atoms with E-state index in [0.717, 1.165) is 42.8 Å². The lowest BCUT2D eigenvalue weighted by Crippen LogP contribution is -1.93. The quantitative estimate of drug-likeness (QED) is 0.236. The molecule has 8 rings (SSSR count). The average Bonchev–Trinajstić information content (AvgIpc) is 3.61. The lowest BCUT2D eigenvalue weighted by Gasteiger charge is -2.08. The molecule has 3 heterocycles. The molecule has 5 aromatic carbocycles. The molecular formula is C31H17ClN2OS. The van der Waals surface area contributed by atoms with Crippen LogP contribution < -0.4 is 0 Å². The van der Waals surface area contributed by atoms with Crippen molar-refractivity contribution in [1.29, 1.82) is 0 Å². The first-order chi connectivity index (χ1) is 17.8. The summed E-state index contributed by atoms with van der Waals surface area (Å²) in [5, 5.41) is 6.13. The molecule has 170 valence electrons. The van der Waals surface area contributed by atoms with Crippen LogP contribution in [0.15, 0.2) is 108 Å². The Morgan fingerprint density at radius 1 is 0.722 bits per heavy atom. The first-order valence-electron chi connectivity index (χ1n) is 11.8. The van der Waals surface area contributed by atoms with Gasteiger partial charge < -0.3 is 8.98 Å². The van der Waals surface area contributed by atoms with E-state index in [-0.39, 0.29) is 0 Å². The molecule has 3 nitrogen and oxygen atoms in total. The van der Waals surface area contributed by atoms with Crippen molar-refractivity contribution in [2.45, 2.75) is 0 Å². The van der Waals surface area contributed by atoms with Gasteiger partial charge in [-0.05, 0) is 48.5 Å². The Bertz CT molecular complexity index is 2060. The highest BCUT2D eigenvalue weighted by molar-refractivity contribution is 7.21. The van der Waals surface area contributed by atoms with Gasteiger partial charge in [-0.1, -0.05) is 66.2 Å². The molecule has 0 atom stereocenters. The molecule has 0 aliphatic carbocycles. The highest BCUT2D eigenvalue weighted by Crippen LogP contribution is 2.42. The smallest absolute Gasteiger partial charge is 0.156 e. The summed E-state index contributed by atoms with van der Waals surface area (Å²) in [6, 6.07) is 35.8. The SMILES string of the molecule is Clc1cc2sc(-c3ccc(-n4c5ccccc5c5ccccc54)cc3)nc2c2c1oc1ccccc12. The summed E-state index contributed by atoms with van der Waals surface area (Å²) < 4.78 is 9.45. The number of hydrogen-bond acceptors (Lipinski definition) is 3. The Kier molecular flexibility index (Phi) is 4.16. The molecule has 0 saturated heterocycles. The maximum absolute atomic E-state index is 6.62. The first kappa shape index (κ1) is 20.1. The summed E-state index contributed by atoms with van der Waals surface area (Å²) in [5.74, 6) is 0. The van der Waals surface area contributed by atoms with Gasteiger partial charge in [0.25, 0.3) is 0 Å². The van der Waals surface area contributed by atoms with Gasteiger partial charge in [0.05, 0.1) is 31.7 Å². The van der Waals surface area contributed by atoms with Gasteiger partial charge >= 0.3 is 0 Å². The van der Waals surface area contributed by atoms with Crippen molar-refractivity contribution in [3.63, 3.8) is 0 Å². The van der Waals surface area contributed by atoms with Crippen LogP contribution in [0.2, 0.25) is 5.02 Å². The van der Waals surface area contributed by atoms with E-state index >= 15 is 0 Å². The second-order valence-corrected chi connectivity index (χ2v) is 10.4. The van der Waals surface area contributed by atoms with Crippen molar-refractivity contribution in [2.24, 2.45) is 0 Å². The van der Waals surface area contributed by atoms with Gasteiger partial charge in [0.2, 0.25) is 0 Å². The van der Waals surface area contributed by atoms with Crippen molar-refractivity contribution in [3.8, 4) is 16.3 Å². The maximum atomic E-state index is 6.62. The van der Waals surface area contributed by atoms with E-state index in [1.54, 1.807) is 11.3 Å². The molecule has 8 aromatic rings. The number of rotatable bonds is 2. The van der Waals surface area contributed by atoms with E-state index < -0.39 is 0 Å². The highest BCUT2D eigenvalue weighted by atomic mass is 35.5. The third-order valence-electron chi connectivity index (χ3n) is 6.91. The summed E-state index contributed by atoms with van der Waals surface area (Å²) >= 11 is 8.27. The fourth-order valence-electron chi connectivity index (χ4n) is 5.32. The fourth-order valence-corrected chi connectivity index (χ4v) is 6.64. The van der Waals surface area contributed by atoms with Crippen molar-refractivity contribution < 1.29 is 4.42 Å². The largest absolute Gasteiger partial charge is 0.454 e. The summed E-state index contributed by atoms with van der Waals surface area (Å²) in [4.78, 5) is 5.06. The van der Waals surface area contributed by atoms with Gasteiger partial charge in [-0.2, -0.15) is 0 Å². The van der Waals surface area contributed by atoms with E-state index in [4.69, 9.17) is 21.0 Å². The summed E-state index contributed by atoms with van der Waals surface area (Å²) in [6.45, 7) is 0. The summed E-state index contributed by atoms with van der Waals surface area (Å²) in [7, 11) is 0. The highest BCUT2D eigenvalue weighted by Gasteiger charge is 2.18. The zero-order valence-electron chi connectivity index (χ0n) is 18.9. The van der Waals surface area contributed by atoms with Crippen LogP contribution in [-0.2, 0) is 0 Å². The number of hydrogen-bond donors (Lipinski definition) is 0. The van der Waals surface area contributed by atoms with Crippen LogP contribution >= 0.6 is 22.9 Å². The molecule has 0 amide bonds. The summed E-state index contributed by atoms with van der Waals surface area (Å²) in [5.41, 5.74) is 7.08. The molecule has 0 fully saturated rings. The average molecular weight is 501 g/mol. The van der Waals surface area contributed by atoms with Crippen LogP contribution in [-0.4, -0.2) is 9.55 Å². The van der Waals surface area contributed by atoms with E-state index in [1.807, 2.05) is 24.3 Å². The van der Waals surface area contributed by atoms with E-state index in [2.05, 4.69) is 83.4 Å². The zero-order chi connectivity index (χ0) is 23.8.